The van der Waals surface area contributed by atoms with Gasteiger partial charge in [0.05, 0.1) is 17.6 Å². The molecule has 0 radical (unpaired) electrons. The molecule has 0 aliphatic rings. The highest BCUT2D eigenvalue weighted by molar-refractivity contribution is 8.01. The van der Waals surface area contributed by atoms with Gasteiger partial charge in [0.2, 0.25) is 0 Å². The molecule has 0 heterocycles. The molecule has 0 aromatic heterocycles. The van der Waals surface area contributed by atoms with E-state index in [2.05, 4.69) is 29.5 Å². The first-order chi connectivity index (χ1) is 30.6. The Bertz CT molecular complexity index is 2010. The van der Waals surface area contributed by atoms with Crippen molar-refractivity contribution in [1.29, 1.82) is 0 Å². The number of carboxylic acids is 1. The zero-order valence-corrected chi connectivity index (χ0v) is 41.0. The molecule has 0 spiro atoms. The number of aliphatic carboxylic acids is 1. The molecule has 10 nitrogen and oxygen atoms in total. The van der Waals surface area contributed by atoms with Gasteiger partial charge in [-0.2, -0.15) is 11.4 Å². The van der Waals surface area contributed by atoms with Crippen LogP contribution in [-0.4, -0.2) is 68.4 Å². The van der Waals surface area contributed by atoms with Crippen molar-refractivity contribution in [1.82, 2.24) is 10.8 Å². The van der Waals surface area contributed by atoms with Gasteiger partial charge in [-0.05, 0) is 94.1 Å². The van der Waals surface area contributed by atoms with E-state index in [1.165, 1.54) is 35.3 Å². The smallest absolute Gasteiger partial charge is 0.338 e. The van der Waals surface area contributed by atoms with Gasteiger partial charge in [-0.15, -0.1) is 47.0 Å². The normalized spacial score (nSPS) is 14.7. The van der Waals surface area contributed by atoms with Crippen LogP contribution in [0, 0.1) is 17.3 Å². The van der Waals surface area contributed by atoms with Gasteiger partial charge in [-0.1, -0.05) is 113 Å². The number of rotatable bonds is 29. The average Bonchev–Trinajstić information content (AvgIpc) is 3.29. The maximum Gasteiger partial charge on any atom is 0.338 e. The van der Waals surface area contributed by atoms with Crippen LogP contribution in [-0.2, 0) is 28.9 Å². The maximum atomic E-state index is 14.9. The van der Waals surface area contributed by atoms with Gasteiger partial charge >= 0.3 is 17.9 Å². The third-order valence-corrected chi connectivity index (χ3v) is 17.2. The Hall–Kier alpha value is -3.76. The van der Waals surface area contributed by atoms with Gasteiger partial charge in [0.15, 0.2) is 5.78 Å². The first kappa shape index (κ1) is 52.9. The van der Waals surface area contributed by atoms with E-state index in [-0.39, 0.29) is 28.6 Å². The van der Waals surface area contributed by atoms with Gasteiger partial charge in [0.1, 0.15) is 5.25 Å². The number of hydroxylamine groups is 1. The fraction of sp³-hybridized carbons (Fsp3) is 0.440. The molecule has 0 fully saturated rings. The molecule has 4 rings (SSSR count). The van der Waals surface area contributed by atoms with Crippen molar-refractivity contribution >= 4 is 70.7 Å². The van der Waals surface area contributed by atoms with Crippen LogP contribution in [0.1, 0.15) is 80.1 Å². The predicted octanol–water partition coefficient (Wildman–Crippen LogP) is 10.8. The number of Topliss-reactive ketones (excluding diaryl/α,β-unsaturated/α-hetero) is 1. The molecule has 0 saturated heterocycles. The zero-order valence-electron chi connectivity index (χ0n) is 37.8. The second-order valence-electron chi connectivity index (χ2n) is 16.9. The molecule has 4 aromatic carbocycles. The topological polar surface area (TPSA) is 157 Å². The first-order valence-corrected chi connectivity index (χ1v) is 25.4. The third kappa shape index (κ3) is 16.9. The number of hydrogen-bond acceptors (Lipinski definition) is 13. The lowest BCUT2D eigenvalue weighted by molar-refractivity contribution is -0.151. The van der Waals surface area contributed by atoms with Crippen molar-refractivity contribution in [2.24, 2.45) is 23.1 Å². The second-order valence-corrected chi connectivity index (χ2v) is 22.0. The number of nitrogens with two attached hydrogens (primary N) is 1. The molecule has 6 unspecified atom stereocenters. The first-order valence-electron chi connectivity index (χ1n) is 21.8. The SMILES string of the molecule is CC(C(=O)O)C(CC(Sc1ccccc1)C(=O)ONCCCCCCNC(C)(C)C(C)(C)C(=O)C(Sc1ccccc1)C(C)C(CC(=O)ON)Sc1ccccc1)Sc1ccccc1. The van der Waals surface area contributed by atoms with E-state index in [0.717, 1.165) is 45.3 Å². The third-order valence-electron chi connectivity index (χ3n) is 11.7. The average molecular weight is 948 g/mol. The summed E-state index contributed by atoms with van der Waals surface area (Å²) in [4.78, 5) is 67.2. The molecule has 14 heteroatoms. The van der Waals surface area contributed by atoms with Crippen molar-refractivity contribution in [2.45, 2.75) is 126 Å². The minimum Gasteiger partial charge on any atom is -0.481 e. The number of thioether (sulfide) groups is 4. The predicted molar refractivity (Wildman–Crippen MR) is 263 cm³/mol. The largest absolute Gasteiger partial charge is 0.481 e. The minimum absolute atomic E-state index is 0.0625. The van der Waals surface area contributed by atoms with Gasteiger partial charge in [-0.3, -0.25) is 14.4 Å². The molecule has 0 aliphatic heterocycles. The molecule has 0 aliphatic carbocycles. The number of ketones is 1. The van der Waals surface area contributed by atoms with Crippen molar-refractivity contribution in [3.8, 4) is 0 Å². The van der Waals surface area contributed by atoms with E-state index in [0.29, 0.717) is 19.5 Å². The van der Waals surface area contributed by atoms with Crippen molar-refractivity contribution in [3.63, 3.8) is 0 Å². The Balaban J connectivity index is 1.30. The van der Waals surface area contributed by atoms with Crippen LogP contribution in [0.4, 0.5) is 0 Å². The van der Waals surface area contributed by atoms with Crippen LogP contribution < -0.4 is 16.7 Å². The number of benzene rings is 4. The summed E-state index contributed by atoms with van der Waals surface area (Å²) in [5.74, 6) is 2.63. The van der Waals surface area contributed by atoms with Gasteiger partial charge in [0.25, 0.3) is 0 Å². The van der Waals surface area contributed by atoms with Crippen molar-refractivity contribution < 1.29 is 34.0 Å². The Morgan fingerprint density at radius 1 is 0.641 bits per heavy atom. The Labute approximate surface area is 397 Å². The summed E-state index contributed by atoms with van der Waals surface area (Å²) in [6, 6.07) is 39.0. The monoisotopic (exact) mass is 947 g/mol. The summed E-state index contributed by atoms with van der Waals surface area (Å²) in [5.41, 5.74) is 1.51. The van der Waals surface area contributed by atoms with E-state index < -0.39 is 45.3 Å². The Kier molecular flexibility index (Phi) is 22.3. The number of carboxylic acid groups (broad SMARTS) is 1. The quantitative estimate of drug-likeness (QED) is 0.0232. The highest BCUT2D eigenvalue weighted by atomic mass is 32.2. The van der Waals surface area contributed by atoms with Crippen LogP contribution in [0.15, 0.2) is 141 Å². The number of hydrogen-bond donors (Lipinski definition) is 4. The Morgan fingerprint density at radius 2 is 1.09 bits per heavy atom. The van der Waals surface area contributed by atoms with Crippen molar-refractivity contribution in [3.05, 3.63) is 121 Å². The zero-order chi connectivity index (χ0) is 46.5. The standard InChI is InChI=1S/C50H65N3O7S4/c1-35(42(34-44(54)59-51)62-38-25-15-10-16-26-38)45(64-40-29-19-12-20-30-40)46(55)49(3,4)50(5,6)52-31-21-7-8-22-32-53-60-48(58)43(63-39-27-17-11-18-28-39)33-41(36(2)47(56)57)61-37-23-13-9-14-24-37/h9-20,23-30,35-36,41-43,45,52-53H,7-8,21-22,31-34,51H2,1-6H3,(H,56,57). The Morgan fingerprint density at radius 3 is 1.58 bits per heavy atom. The minimum atomic E-state index is -0.909. The summed E-state index contributed by atoms with van der Waals surface area (Å²) >= 11 is 5.95. The van der Waals surface area contributed by atoms with Gasteiger partial charge in [0, 0.05) is 47.6 Å². The van der Waals surface area contributed by atoms with Crippen LogP contribution in [0.2, 0.25) is 0 Å². The summed E-state index contributed by atoms with van der Waals surface area (Å²) in [5, 5.41) is 11.9. The summed E-state index contributed by atoms with van der Waals surface area (Å²) < 4.78 is 0. The van der Waals surface area contributed by atoms with Crippen LogP contribution >= 0.6 is 47.0 Å². The van der Waals surface area contributed by atoms with E-state index in [1.54, 1.807) is 18.7 Å². The number of nitrogens with one attached hydrogen (secondary N) is 2. The fourth-order valence-electron chi connectivity index (χ4n) is 6.86. The molecule has 0 saturated carbocycles. The molecule has 4 aromatic rings. The number of carbonyl (C=O) groups excluding carboxylic acids is 3. The summed E-state index contributed by atoms with van der Waals surface area (Å²) in [7, 11) is 0. The van der Waals surface area contributed by atoms with E-state index in [4.69, 9.17) is 10.7 Å². The van der Waals surface area contributed by atoms with Crippen LogP contribution in [0.5, 0.6) is 0 Å². The molecule has 64 heavy (non-hydrogen) atoms. The highest BCUT2D eigenvalue weighted by Gasteiger charge is 2.48. The molecule has 0 amide bonds. The second kappa shape index (κ2) is 27.0. The lowest BCUT2D eigenvalue weighted by Gasteiger charge is -2.44. The maximum absolute atomic E-state index is 14.9. The van der Waals surface area contributed by atoms with Crippen molar-refractivity contribution in [2.75, 3.05) is 13.1 Å². The fourth-order valence-corrected chi connectivity index (χ4v) is 12.1. The lowest BCUT2D eigenvalue weighted by atomic mass is 9.69. The van der Waals surface area contributed by atoms with E-state index in [1.807, 2.05) is 142 Å². The highest BCUT2D eigenvalue weighted by Crippen LogP contribution is 2.44. The van der Waals surface area contributed by atoms with E-state index in [9.17, 15) is 24.3 Å². The lowest BCUT2D eigenvalue weighted by Crippen LogP contribution is -2.58. The van der Waals surface area contributed by atoms with Gasteiger partial charge in [-0.25, -0.2) is 4.79 Å². The molecule has 346 valence electrons. The van der Waals surface area contributed by atoms with Crippen LogP contribution in [0.25, 0.3) is 0 Å². The molecule has 0 bridgehead atoms. The number of unbranched alkanes of at least 4 members (excludes halogenated alkanes) is 3. The summed E-state index contributed by atoms with van der Waals surface area (Å²) in [6.45, 7) is 13.1. The molecule has 6 atom stereocenters. The molecule has 5 N–H and O–H groups in total. The summed E-state index contributed by atoms with van der Waals surface area (Å²) in [6.07, 6.45) is 3.89. The van der Waals surface area contributed by atoms with Crippen LogP contribution in [0.3, 0.4) is 0 Å². The number of carbonyl (C=O) groups is 4. The molecular formula is C50H65N3O7S4. The van der Waals surface area contributed by atoms with Gasteiger partial charge < -0.3 is 20.1 Å². The molecular weight excluding hydrogens is 883 g/mol. The van der Waals surface area contributed by atoms with E-state index >= 15 is 0 Å².